The first-order valence-electron chi connectivity index (χ1n) is 10.8. The minimum absolute atomic E-state index is 0.155. The van der Waals surface area contributed by atoms with Gasteiger partial charge in [-0.15, -0.1) is 0 Å². The van der Waals surface area contributed by atoms with E-state index in [4.69, 9.17) is 9.72 Å². The van der Waals surface area contributed by atoms with E-state index in [-0.39, 0.29) is 12.0 Å². The van der Waals surface area contributed by atoms with Crippen LogP contribution in [0.5, 0.6) is 5.75 Å². The SMILES string of the molecule is Cc1cccc(Cc2nc3cc(OC4CCC(c5noc(=O)[nH]5)CC4)ccc3n2C)c1. The molecule has 7 heteroatoms. The van der Waals surface area contributed by atoms with Crippen molar-refractivity contribution >= 4 is 11.0 Å². The molecule has 0 atom stereocenters. The Labute approximate surface area is 180 Å². The third-order valence-corrected chi connectivity index (χ3v) is 6.21. The van der Waals surface area contributed by atoms with Crippen LogP contribution in [0, 0.1) is 6.92 Å². The van der Waals surface area contributed by atoms with Crippen LogP contribution in [0.4, 0.5) is 0 Å². The van der Waals surface area contributed by atoms with Crippen molar-refractivity contribution < 1.29 is 9.26 Å². The summed E-state index contributed by atoms with van der Waals surface area (Å²) in [7, 11) is 2.07. The summed E-state index contributed by atoms with van der Waals surface area (Å²) < 4.78 is 13.1. The maximum atomic E-state index is 11.2. The molecule has 1 fully saturated rings. The highest BCUT2D eigenvalue weighted by Crippen LogP contribution is 2.33. The molecule has 1 aliphatic rings. The first-order valence-corrected chi connectivity index (χ1v) is 10.8. The highest BCUT2D eigenvalue weighted by molar-refractivity contribution is 5.77. The number of H-pyrrole nitrogens is 1. The molecule has 2 heterocycles. The Morgan fingerprint density at radius 1 is 1.16 bits per heavy atom. The topological polar surface area (TPSA) is 85.9 Å². The van der Waals surface area contributed by atoms with E-state index in [1.807, 2.05) is 12.1 Å². The van der Waals surface area contributed by atoms with Gasteiger partial charge in [0.05, 0.1) is 17.1 Å². The lowest BCUT2D eigenvalue weighted by Gasteiger charge is -2.27. The Bertz CT molecular complexity index is 1260. The molecule has 1 N–H and O–H groups in total. The summed E-state index contributed by atoms with van der Waals surface area (Å²) in [5.74, 6) is 2.29. The molecular formula is C24H26N4O3. The number of nitrogens with zero attached hydrogens (tertiary/aromatic N) is 3. The van der Waals surface area contributed by atoms with Gasteiger partial charge in [0, 0.05) is 25.5 Å². The van der Waals surface area contributed by atoms with Crippen molar-refractivity contribution in [2.45, 2.75) is 51.0 Å². The van der Waals surface area contributed by atoms with E-state index in [0.29, 0.717) is 5.82 Å². The van der Waals surface area contributed by atoms with Gasteiger partial charge in [-0.3, -0.25) is 9.51 Å². The molecule has 1 saturated carbocycles. The lowest BCUT2D eigenvalue weighted by Crippen LogP contribution is -2.24. The number of hydrogen-bond donors (Lipinski definition) is 1. The second kappa shape index (κ2) is 8.06. The smallest absolute Gasteiger partial charge is 0.438 e. The van der Waals surface area contributed by atoms with Crippen molar-refractivity contribution in [2.75, 3.05) is 0 Å². The maximum Gasteiger partial charge on any atom is 0.438 e. The zero-order chi connectivity index (χ0) is 21.4. The van der Waals surface area contributed by atoms with E-state index in [2.05, 4.69) is 63.5 Å². The number of ether oxygens (including phenoxy) is 1. The van der Waals surface area contributed by atoms with Gasteiger partial charge in [-0.2, -0.15) is 0 Å². The molecule has 0 amide bonds. The molecule has 0 unspecified atom stereocenters. The largest absolute Gasteiger partial charge is 0.490 e. The zero-order valence-corrected chi connectivity index (χ0v) is 17.8. The van der Waals surface area contributed by atoms with Gasteiger partial charge < -0.3 is 9.30 Å². The van der Waals surface area contributed by atoms with Gasteiger partial charge in [0.1, 0.15) is 11.6 Å². The van der Waals surface area contributed by atoms with Gasteiger partial charge in [-0.25, -0.2) is 9.78 Å². The average Bonchev–Trinajstić information content (AvgIpc) is 3.32. The number of aryl methyl sites for hydroxylation is 2. The zero-order valence-electron chi connectivity index (χ0n) is 17.8. The Morgan fingerprint density at radius 2 is 2.00 bits per heavy atom. The van der Waals surface area contributed by atoms with Crippen LogP contribution >= 0.6 is 0 Å². The van der Waals surface area contributed by atoms with Gasteiger partial charge >= 0.3 is 5.76 Å². The van der Waals surface area contributed by atoms with Crippen LogP contribution < -0.4 is 10.5 Å². The fraction of sp³-hybridized carbons (Fsp3) is 0.375. The highest BCUT2D eigenvalue weighted by Gasteiger charge is 2.26. The van der Waals surface area contributed by atoms with Crippen molar-refractivity contribution in [3.63, 3.8) is 0 Å². The summed E-state index contributed by atoms with van der Waals surface area (Å²) in [4.78, 5) is 18.7. The third-order valence-electron chi connectivity index (χ3n) is 6.21. The number of imidazole rings is 1. The molecule has 0 aliphatic heterocycles. The van der Waals surface area contributed by atoms with Crippen LogP contribution in [0.3, 0.4) is 0 Å². The van der Waals surface area contributed by atoms with E-state index in [0.717, 1.165) is 54.7 Å². The quantitative estimate of drug-likeness (QED) is 0.524. The van der Waals surface area contributed by atoms with Crippen LogP contribution in [-0.4, -0.2) is 25.8 Å². The summed E-state index contributed by atoms with van der Waals surface area (Å²) in [5.41, 5.74) is 4.59. The van der Waals surface area contributed by atoms with E-state index >= 15 is 0 Å². The predicted molar refractivity (Wildman–Crippen MR) is 117 cm³/mol. The fourth-order valence-electron chi connectivity index (χ4n) is 4.53. The molecule has 2 aromatic heterocycles. The lowest BCUT2D eigenvalue weighted by molar-refractivity contribution is 0.144. The Balaban J connectivity index is 1.27. The molecule has 7 nitrogen and oxygen atoms in total. The van der Waals surface area contributed by atoms with E-state index < -0.39 is 5.76 Å². The monoisotopic (exact) mass is 418 g/mol. The van der Waals surface area contributed by atoms with Gasteiger partial charge in [0.2, 0.25) is 0 Å². The van der Waals surface area contributed by atoms with Gasteiger partial charge in [0.25, 0.3) is 0 Å². The van der Waals surface area contributed by atoms with Crippen molar-refractivity contribution in [3.05, 3.63) is 75.8 Å². The van der Waals surface area contributed by atoms with Gasteiger partial charge in [0.15, 0.2) is 5.82 Å². The molecule has 31 heavy (non-hydrogen) atoms. The van der Waals surface area contributed by atoms with Crippen LogP contribution in [0.1, 0.15) is 54.4 Å². The van der Waals surface area contributed by atoms with E-state index in [1.54, 1.807) is 0 Å². The maximum absolute atomic E-state index is 11.2. The number of hydrogen-bond acceptors (Lipinski definition) is 5. The normalized spacial score (nSPS) is 19.0. The number of rotatable bonds is 5. The van der Waals surface area contributed by atoms with Gasteiger partial charge in [-0.1, -0.05) is 35.0 Å². The fourth-order valence-corrected chi connectivity index (χ4v) is 4.53. The molecule has 160 valence electrons. The molecule has 1 aliphatic carbocycles. The molecule has 5 rings (SSSR count). The van der Waals surface area contributed by atoms with Crippen molar-refractivity contribution in [1.29, 1.82) is 0 Å². The minimum atomic E-state index is -0.487. The van der Waals surface area contributed by atoms with E-state index in [9.17, 15) is 4.79 Å². The number of aromatic nitrogens is 4. The molecular weight excluding hydrogens is 392 g/mol. The summed E-state index contributed by atoms with van der Waals surface area (Å²) in [6, 6.07) is 14.7. The average molecular weight is 418 g/mol. The molecule has 0 saturated heterocycles. The Morgan fingerprint density at radius 3 is 2.74 bits per heavy atom. The summed E-state index contributed by atoms with van der Waals surface area (Å²) in [6.45, 7) is 2.11. The first-order chi connectivity index (χ1) is 15.0. The number of nitrogens with one attached hydrogen (secondary N) is 1. The molecule has 2 aromatic carbocycles. The Hall–Kier alpha value is -3.35. The van der Waals surface area contributed by atoms with Crippen LogP contribution in [0.25, 0.3) is 11.0 Å². The molecule has 0 radical (unpaired) electrons. The van der Waals surface area contributed by atoms with Gasteiger partial charge in [-0.05, 0) is 50.3 Å². The number of benzene rings is 2. The third kappa shape index (κ3) is 4.13. The standard InChI is InChI=1S/C24H26N4O3/c1-15-4-3-5-16(12-15)13-22-25-20-14-19(10-11-21(20)28(22)2)30-18-8-6-17(7-9-18)23-26-24(29)31-27-23/h3-5,10-12,14,17-18H,6-9,13H2,1-2H3,(H,26,27,29). The predicted octanol–water partition coefficient (Wildman–Crippen LogP) is 4.25. The second-order valence-electron chi connectivity index (χ2n) is 8.48. The summed E-state index contributed by atoms with van der Waals surface area (Å²) in [5, 5.41) is 3.83. The Kier molecular flexibility index (Phi) is 5.10. The molecule has 4 aromatic rings. The lowest BCUT2D eigenvalue weighted by atomic mass is 9.87. The molecule has 0 spiro atoms. The number of aromatic amines is 1. The second-order valence-corrected chi connectivity index (χ2v) is 8.48. The van der Waals surface area contributed by atoms with E-state index in [1.165, 1.54) is 11.1 Å². The minimum Gasteiger partial charge on any atom is -0.490 e. The molecule has 0 bridgehead atoms. The highest BCUT2D eigenvalue weighted by atomic mass is 16.5. The van der Waals surface area contributed by atoms with Crippen molar-refractivity contribution in [2.24, 2.45) is 7.05 Å². The van der Waals surface area contributed by atoms with Crippen LogP contribution in [0.15, 0.2) is 51.8 Å². The van der Waals surface area contributed by atoms with Crippen molar-refractivity contribution in [1.82, 2.24) is 19.7 Å². The van der Waals surface area contributed by atoms with Crippen LogP contribution in [0.2, 0.25) is 0 Å². The first kappa shape index (κ1) is 19.6. The van der Waals surface area contributed by atoms with Crippen LogP contribution in [-0.2, 0) is 13.5 Å². The summed E-state index contributed by atoms with van der Waals surface area (Å²) in [6.07, 6.45) is 4.62. The van der Waals surface area contributed by atoms with Crippen molar-refractivity contribution in [3.8, 4) is 5.75 Å². The summed E-state index contributed by atoms with van der Waals surface area (Å²) >= 11 is 0. The number of fused-ring (bicyclic) bond motifs is 1.